The number of rotatable bonds is 8. The summed E-state index contributed by atoms with van der Waals surface area (Å²) in [6, 6.07) is 22.7. The molecule has 0 aliphatic rings. The summed E-state index contributed by atoms with van der Waals surface area (Å²) in [6.45, 7) is 3.55. The van der Waals surface area contributed by atoms with E-state index in [2.05, 4.69) is 58.4 Å². The molecular formula is C20H22ClN3. The van der Waals surface area contributed by atoms with Gasteiger partial charge in [-0.1, -0.05) is 54.1 Å². The molecule has 0 atom stereocenters. The minimum atomic E-state index is 0.760. The first-order chi connectivity index (χ1) is 11.8. The van der Waals surface area contributed by atoms with E-state index in [-0.39, 0.29) is 0 Å². The molecule has 0 saturated heterocycles. The second-order valence-corrected chi connectivity index (χ2v) is 6.05. The molecule has 0 amide bonds. The predicted molar refractivity (Wildman–Crippen MR) is 105 cm³/mol. The highest BCUT2D eigenvalue weighted by Crippen LogP contribution is 2.20. The van der Waals surface area contributed by atoms with Gasteiger partial charge < -0.3 is 16.0 Å². The topological polar surface area (TPSA) is 36.1 Å². The molecule has 0 saturated carbocycles. The van der Waals surface area contributed by atoms with Gasteiger partial charge in [-0.25, -0.2) is 0 Å². The van der Waals surface area contributed by atoms with E-state index in [1.165, 1.54) is 10.8 Å². The van der Waals surface area contributed by atoms with Crippen LogP contribution in [-0.4, -0.2) is 26.2 Å². The van der Waals surface area contributed by atoms with Gasteiger partial charge in [-0.15, -0.1) is 0 Å². The van der Waals surface area contributed by atoms with Crippen LogP contribution in [-0.2, 0) is 0 Å². The summed E-state index contributed by atoms with van der Waals surface area (Å²) in [5.74, 6) is 0. The lowest BCUT2D eigenvalue weighted by atomic mass is 10.1. The van der Waals surface area contributed by atoms with Gasteiger partial charge in [0.1, 0.15) is 0 Å². The highest BCUT2D eigenvalue weighted by atomic mass is 35.5. The van der Waals surface area contributed by atoms with Gasteiger partial charge in [0, 0.05) is 31.9 Å². The molecular weight excluding hydrogens is 318 g/mol. The third-order valence-electron chi connectivity index (χ3n) is 3.87. The number of hydrogen-bond acceptors (Lipinski definition) is 3. The fourth-order valence-electron chi connectivity index (χ4n) is 2.61. The van der Waals surface area contributed by atoms with Crippen LogP contribution in [0.2, 0.25) is 5.02 Å². The summed E-state index contributed by atoms with van der Waals surface area (Å²) in [5.41, 5.74) is 2.14. The number of anilines is 2. The third kappa shape index (κ3) is 4.63. The first-order valence-electron chi connectivity index (χ1n) is 8.25. The van der Waals surface area contributed by atoms with Crippen molar-refractivity contribution in [2.24, 2.45) is 0 Å². The summed E-state index contributed by atoms with van der Waals surface area (Å²) in [4.78, 5) is 0. The molecule has 24 heavy (non-hydrogen) atoms. The molecule has 0 bridgehead atoms. The second-order valence-electron chi connectivity index (χ2n) is 5.65. The van der Waals surface area contributed by atoms with Crippen LogP contribution in [0.15, 0.2) is 66.7 Å². The third-order valence-corrected chi connectivity index (χ3v) is 4.20. The predicted octanol–water partition coefficient (Wildman–Crippen LogP) is 4.61. The number of nitrogens with one attached hydrogen (secondary N) is 3. The molecule has 3 N–H and O–H groups in total. The SMILES string of the molecule is Clc1ccccc1NCCNCCNc1ccc2ccccc2c1. The molecule has 0 spiro atoms. The van der Waals surface area contributed by atoms with E-state index in [4.69, 9.17) is 11.6 Å². The molecule has 3 aromatic rings. The van der Waals surface area contributed by atoms with Gasteiger partial charge in [0.2, 0.25) is 0 Å². The largest absolute Gasteiger partial charge is 0.384 e. The van der Waals surface area contributed by atoms with Crippen LogP contribution in [0.3, 0.4) is 0 Å². The standard InChI is InChI=1S/C20H22ClN3/c21-19-7-3-4-8-20(19)24-14-12-22-11-13-23-18-10-9-16-5-1-2-6-17(16)15-18/h1-10,15,22-24H,11-14H2. The van der Waals surface area contributed by atoms with Crippen molar-refractivity contribution in [1.82, 2.24) is 5.32 Å². The van der Waals surface area contributed by atoms with Crippen molar-refractivity contribution < 1.29 is 0 Å². The van der Waals surface area contributed by atoms with E-state index in [9.17, 15) is 0 Å². The molecule has 3 rings (SSSR count). The van der Waals surface area contributed by atoms with Gasteiger partial charge in [-0.3, -0.25) is 0 Å². The minimum absolute atomic E-state index is 0.760. The number of para-hydroxylation sites is 1. The number of benzene rings is 3. The molecule has 0 fully saturated rings. The van der Waals surface area contributed by atoms with Gasteiger partial charge in [-0.05, 0) is 35.0 Å². The smallest absolute Gasteiger partial charge is 0.0637 e. The fraction of sp³-hybridized carbons (Fsp3) is 0.200. The normalized spacial score (nSPS) is 10.7. The number of fused-ring (bicyclic) bond motifs is 1. The Labute approximate surface area is 148 Å². The lowest BCUT2D eigenvalue weighted by molar-refractivity contribution is 0.719. The molecule has 0 radical (unpaired) electrons. The van der Waals surface area contributed by atoms with Crippen LogP contribution in [0.4, 0.5) is 11.4 Å². The molecule has 0 unspecified atom stereocenters. The van der Waals surface area contributed by atoms with Crippen molar-refractivity contribution in [2.45, 2.75) is 0 Å². The summed E-state index contributed by atoms with van der Waals surface area (Å²) in [5, 5.41) is 13.5. The average Bonchev–Trinajstić information content (AvgIpc) is 2.62. The average molecular weight is 340 g/mol. The summed E-state index contributed by atoms with van der Waals surface area (Å²) in [6.07, 6.45) is 0. The molecule has 3 aromatic carbocycles. The summed E-state index contributed by atoms with van der Waals surface area (Å²) in [7, 11) is 0. The Hall–Kier alpha value is -2.23. The van der Waals surface area contributed by atoms with E-state index < -0.39 is 0 Å². The Bertz CT molecular complexity index is 788. The number of halogens is 1. The van der Waals surface area contributed by atoms with E-state index in [1.54, 1.807) is 0 Å². The Morgan fingerprint density at radius 2 is 1.38 bits per heavy atom. The molecule has 0 heterocycles. The molecule has 3 nitrogen and oxygen atoms in total. The monoisotopic (exact) mass is 339 g/mol. The molecule has 0 aliphatic heterocycles. The van der Waals surface area contributed by atoms with Crippen molar-refractivity contribution in [3.05, 3.63) is 71.8 Å². The highest BCUT2D eigenvalue weighted by Gasteiger charge is 1.97. The number of hydrogen-bond donors (Lipinski definition) is 3. The highest BCUT2D eigenvalue weighted by molar-refractivity contribution is 6.33. The quantitative estimate of drug-likeness (QED) is 0.525. The van der Waals surface area contributed by atoms with Crippen molar-refractivity contribution in [2.75, 3.05) is 36.8 Å². The van der Waals surface area contributed by atoms with Gasteiger partial charge in [0.05, 0.1) is 10.7 Å². The summed E-state index contributed by atoms with van der Waals surface area (Å²) >= 11 is 6.10. The maximum absolute atomic E-state index is 6.10. The van der Waals surface area contributed by atoms with E-state index >= 15 is 0 Å². The van der Waals surface area contributed by atoms with Crippen LogP contribution < -0.4 is 16.0 Å². The lowest BCUT2D eigenvalue weighted by Gasteiger charge is -2.10. The first-order valence-corrected chi connectivity index (χ1v) is 8.62. The van der Waals surface area contributed by atoms with Crippen LogP contribution in [0.5, 0.6) is 0 Å². The van der Waals surface area contributed by atoms with Gasteiger partial charge >= 0.3 is 0 Å². The van der Waals surface area contributed by atoms with E-state index in [1.807, 2.05) is 24.3 Å². The maximum Gasteiger partial charge on any atom is 0.0637 e. The zero-order chi connectivity index (χ0) is 16.6. The second kappa shape index (κ2) is 8.57. The lowest BCUT2D eigenvalue weighted by Crippen LogP contribution is -2.27. The van der Waals surface area contributed by atoms with Crippen molar-refractivity contribution >= 4 is 33.7 Å². The van der Waals surface area contributed by atoms with Crippen molar-refractivity contribution in [1.29, 1.82) is 0 Å². The first kappa shape index (κ1) is 16.6. The Morgan fingerprint density at radius 3 is 2.21 bits per heavy atom. The van der Waals surface area contributed by atoms with Crippen molar-refractivity contribution in [3.8, 4) is 0 Å². The minimum Gasteiger partial charge on any atom is -0.384 e. The van der Waals surface area contributed by atoms with Crippen LogP contribution >= 0.6 is 11.6 Å². The van der Waals surface area contributed by atoms with Gasteiger partial charge in [-0.2, -0.15) is 0 Å². The van der Waals surface area contributed by atoms with E-state index in [0.717, 1.165) is 42.6 Å². The molecule has 0 aromatic heterocycles. The zero-order valence-electron chi connectivity index (χ0n) is 13.6. The van der Waals surface area contributed by atoms with Crippen LogP contribution in [0.25, 0.3) is 10.8 Å². The van der Waals surface area contributed by atoms with Gasteiger partial charge in [0.15, 0.2) is 0 Å². The maximum atomic E-state index is 6.10. The molecule has 124 valence electrons. The summed E-state index contributed by atoms with van der Waals surface area (Å²) < 4.78 is 0. The van der Waals surface area contributed by atoms with Gasteiger partial charge in [0.25, 0.3) is 0 Å². The Balaban J connectivity index is 1.34. The Morgan fingerprint density at radius 1 is 0.667 bits per heavy atom. The Kier molecular flexibility index (Phi) is 5.94. The fourth-order valence-corrected chi connectivity index (χ4v) is 2.81. The van der Waals surface area contributed by atoms with E-state index in [0.29, 0.717) is 0 Å². The molecule has 0 aliphatic carbocycles. The van der Waals surface area contributed by atoms with Crippen LogP contribution in [0, 0.1) is 0 Å². The van der Waals surface area contributed by atoms with Crippen molar-refractivity contribution in [3.63, 3.8) is 0 Å². The zero-order valence-corrected chi connectivity index (χ0v) is 14.3. The van der Waals surface area contributed by atoms with Crippen LogP contribution in [0.1, 0.15) is 0 Å². The molecule has 4 heteroatoms.